The quantitative estimate of drug-likeness (QED) is 0.849. The van der Waals surface area contributed by atoms with Crippen molar-refractivity contribution < 1.29 is 14.3 Å². The van der Waals surface area contributed by atoms with Crippen LogP contribution in [0.25, 0.3) is 0 Å². The number of halogens is 1. The monoisotopic (exact) mass is 319 g/mol. The number of amides is 2. The van der Waals surface area contributed by atoms with Crippen LogP contribution in [0.3, 0.4) is 0 Å². The van der Waals surface area contributed by atoms with Gasteiger partial charge in [0, 0.05) is 18.8 Å². The topological polar surface area (TPSA) is 80.3 Å². The highest BCUT2D eigenvalue weighted by Gasteiger charge is 2.10. The normalized spacial score (nSPS) is 9.95. The Morgan fingerprint density at radius 3 is 2.55 bits per heavy atom. The third kappa shape index (κ3) is 3.95. The molecule has 7 heteroatoms. The van der Waals surface area contributed by atoms with Crippen molar-refractivity contribution in [2.24, 2.45) is 0 Å². The zero-order valence-electron chi connectivity index (χ0n) is 12.0. The number of carbonyl (C=O) groups is 2. The van der Waals surface area contributed by atoms with E-state index in [4.69, 9.17) is 16.3 Å². The maximum absolute atomic E-state index is 12.1. The number of aromatic nitrogens is 1. The van der Waals surface area contributed by atoms with Crippen LogP contribution >= 0.6 is 11.6 Å². The first-order chi connectivity index (χ1) is 10.5. The number of benzene rings is 1. The van der Waals surface area contributed by atoms with Crippen LogP contribution in [0.5, 0.6) is 5.75 Å². The van der Waals surface area contributed by atoms with Crippen molar-refractivity contribution in [3.8, 4) is 5.75 Å². The molecule has 0 bridgehead atoms. The molecule has 22 heavy (non-hydrogen) atoms. The molecule has 2 rings (SSSR count). The number of carbonyl (C=O) groups excluding carboxylic acids is 2. The minimum atomic E-state index is -0.330. The minimum Gasteiger partial charge on any atom is -0.495 e. The molecule has 0 radical (unpaired) electrons. The van der Waals surface area contributed by atoms with Crippen LogP contribution in [-0.2, 0) is 4.79 Å². The Bertz CT molecular complexity index is 702. The summed E-state index contributed by atoms with van der Waals surface area (Å²) in [5.41, 5.74) is 1.37. The summed E-state index contributed by atoms with van der Waals surface area (Å²) in [6, 6.07) is 8.05. The van der Waals surface area contributed by atoms with E-state index >= 15 is 0 Å². The van der Waals surface area contributed by atoms with E-state index in [0.717, 1.165) is 0 Å². The number of anilines is 2. The van der Waals surface area contributed by atoms with Gasteiger partial charge in [-0.05, 0) is 30.3 Å². The molecular weight excluding hydrogens is 306 g/mol. The Balaban J connectivity index is 2.20. The molecule has 0 aliphatic carbocycles. The lowest BCUT2D eigenvalue weighted by Gasteiger charge is -2.12. The van der Waals surface area contributed by atoms with Gasteiger partial charge >= 0.3 is 0 Å². The predicted octanol–water partition coefficient (Wildman–Crippen LogP) is 2.95. The number of hydrogen-bond acceptors (Lipinski definition) is 4. The maximum Gasteiger partial charge on any atom is 0.257 e. The smallest absolute Gasteiger partial charge is 0.257 e. The summed E-state index contributed by atoms with van der Waals surface area (Å²) in [6.07, 6.45) is 1.38. The van der Waals surface area contributed by atoms with Crippen molar-refractivity contribution in [1.29, 1.82) is 0 Å². The summed E-state index contributed by atoms with van der Waals surface area (Å²) in [5.74, 6) is -0.0619. The van der Waals surface area contributed by atoms with Crippen molar-refractivity contribution in [2.45, 2.75) is 6.92 Å². The molecule has 0 aliphatic heterocycles. The molecule has 1 aromatic heterocycles. The summed E-state index contributed by atoms with van der Waals surface area (Å²) >= 11 is 5.68. The molecule has 1 aromatic carbocycles. The number of ether oxygens (including phenoxy) is 1. The lowest BCUT2D eigenvalue weighted by Crippen LogP contribution is -2.13. The molecule has 0 atom stereocenters. The molecule has 0 fully saturated rings. The number of pyridine rings is 1. The van der Waals surface area contributed by atoms with Crippen LogP contribution in [0.1, 0.15) is 17.3 Å². The van der Waals surface area contributed by atoms with Gasteiger partial charge in [0.25, 0.3) is 5.91 Å². The van der Waals surface area contributed by atoms with Gasteiger partial charge in [0.1, 0.15) is 10.9 Å². The van der Waals surface area contributed by atoms with Crippen LogP contribution in [0.2, 0.25) is 5.15 Å². The van der Waals surface area contributed by atoms with Gasteiger partial charge in [-0.2, -0.15) is 0 Å². The lowest BCUT2D eigenvalue weighted by molar-refractivity contribution is -0.114. The average Bonchev–Trinajstić information content (AvgIpc) is 2.47. The Kier molecular flexibility index (Phi) is 4.95. The highest BCUT2D eigenvalue weighted by molar-refractivity contribution is 6.29. The summed E-state index contributed by atoms with van der Waals surface area (Å²) < 4.78 is 5.15. The Labute approximate surface area is 132 Å². The van der Waals surface area contributed by atoms with Crippen molar-refractivity contribution in [3.63, 3.8) is 0 Å². The van der Waals surface area contributed by atoms with E-state index in [2.05, 4.69) is 15.6 Å². The van der Waals surface area contributed by atoms with Crippen molar-refractivity contribution in [3.05, 3.63) is 47.2 Å². The minimum absolute atomic E-state index is 0.233. The lowest BCUT2D eigenvalue weighted by atomic mass is 10.2. The molecule has 0 spiro atoms. The number of nitrogens with zero attached hydrogens (tertiary/aromatic N) is 1. The highest BCUT2D eigenvalue weighted by atomic mass is 35.5. The molecule has 6 nitrogen and oxygen atoms in total. The molecule has 2 aromatic rings. The van der Waals surface area contributed by atoms with Gasteiger partial charge in [-0.3, -0.25) is 9.59 Å². The van der Waals surface area contributed by atoms with Gasteiger partial charge in [-0.15, -0.1) is 0 Å². The van der Waals surface area contributed by atoms with Crippen LogP contribution < -0.4 is 15.4 Å². The van der Waals surface area contributed by atoms with Gasteiger partial charge in [-0.25, -0.2) is 4.98 Å². The van der Waals surface area contributed by atoms with E-state index in [1.54, 1.807) is 24.3 Å². The first-order valence-corrected chi connectivity index (χ1v) is 6.76. The van der Waals surface area contributed by atoms with Crippen molar-refractivity contribution >= 4 is 34.8 Å². The van der Waals surface area contributed by atoms with Crippen LogP contribution in [0.4, 0.5) is 11.4 Å². The van der Waals surface area contributed by atoms with E-state index in [9.17, 15) is 9.59 Å². The average molecular weight is 320 g/mol. The fourth-order valence-corrected chi connectivity index (χ4v) is 1.90. The molecule has 0 saturated heterocycles. The molecule has 114 valence electrons. The SMILES string of the molecule is COc1ccc(NC(=O)c2ccc(Cl)nc2)cc1NC(C)=O. The summed E-state index contributed by atoms with van der Waals surface area (Å²) in [4.78, 5) is 27.1. The Hall–Kier alpha value is -2.60. The fourth-order valence-electron chi connectivity index (χ4n) is 1.79. The molecule has 2 N–H and O–H groups in total. The molecule has 2 amide bonds. The maximum atomic E-state index is 12.1. The molecular formula is C15H14ClN3O3. The number of methoxy groups -OCH3 is 1. The second kappa shape index (κ2) is 6.91. The summed E-state index contributed by atoms with van der Waals surface area (Å²) in [6.45, 7) is 1.39. The number of hydrogen-bond donors (Lipinski definition) is 2. The molecule has 0 unspecified atom stereocenters. The first-order valence-electron chi connectivity index (χ1n) is 6.38. The Morgan fingerprint density at radius 2 is 1.95 bits per heavy atom. The predicted molar refractivity (Wildman–Crippen MR) is 84.5 cm³/mol. The fraction of sp³-hybridized carbons (Fsp3) is 0.133. The summed E-state index contributed by atoms with van der Waals surface area (Å²) in [7, 11) is 1.50. The van der Waals surface area contributed by atoms with Gasteiger partial charge in [0.2, 0.25) is 5.91 Å². The van der Waals surface area contributed by atoms with Crippen LogP contribution in [0.15, 0.2) is 36.5 Å². The third-order valence-electron chi connectivity index (χ3n) is 2.76. The second-order valence-corrected chi connectivity index (χ2v) is 4.81. The van der Waals surface area contributed by atoms with E-state index in [1.807, 2.05) is 0 Å². The number of rotatable bonds is 4. The molecule has 0 saturated carbocycles. The number of nitrogens with one attached hydrogen (secondary N) is 2. The van der Waals surface area contributed by atoms with E-state index in [-0.39, 0.29) is 11.8 Å². The molecule has 0 aliphatic rings. The first kappa shape index (κ1) is 15.8. The largest absolute Gasteiger partial charge is 0.495 e. The zero-order valence-corrected chi connectivity index (χ0v) is 12.8. The van der Waals surface area contributed by atoms with Gasteiger partial charge in [-0.1, -0.05) is 11.6 Å². The van der Waals surface area contributed by atoms with Gasteiger partial charge in [0.15, 0.2) is 0 Å². The van der Waals surface area contributed by atoms with E-state index < -0.39 is 0 Å². The Morgan fingerprint density at radius 1 is 1.18 bits per heavy atom. The molecule has 1 heterocycles. The van der Waals surface area contributed by atoms with Gasteiger partial charge in [0.05, 0.1) is 18.4 Å². The standard InChI is InChI=1S/C15H14ClN3O3/c1-9(20)18-12-7-11(4-5-13(12)22-2)19-15(21)10-3-6-14(16)17-8-10/h3-8H,1-2H3,(H,18,20)(H,19,21). The summed E-state index contributed by atoms with van der Waals surface area (Å²) in [5, 5.41) is 5.67. The van der Waals surface area contributed by atoms with Crippen molar-refractivity contribution in [1.82, 2.24) is 4.98 Å². The van der Waals surface area contributed by atoms with Gasteiger partial charge < -0.3 is 15.4 Å². The van der Waals surface area contributed by atoms with Crippen molar-refractivity contribution in [2.75, 3.05) is 17.7 Å². The van der Waals surface area contributed by atoms with Crippen LogP contribution in [-0.4, -0.2) is 23.9 Å². The van der Waals surface area contributed by atoms with E-state index in [1.165, 1.54) is 26.3 Å². The zero-order chi connectivity index (χ0) is 16.1. The highest BCUT2D eigenvalue weighted by Crippen LogP contribution is 2.28. The van der Waals surface area contributed by atoms with E-state index in [0.29, 0.717) is 27.8 Å². The second-order valence-electron chi connectivity index (χ2n) is 4.42. The third-order valence-corrected chi connectivity index (χ3v) is 2.98. The van der Waals surface area contributed by atoms with Crippen LogP contribution in [0, 0.1) is 0 Å².